The lowest BCUT2D eigenvalue weighted by Gasteiger charge is -2.56. The molecule has 1 aromatic rings. The van der Waals surface area contributed by atoms with Gasteiger partial charge in [0.2, 0.25) is 21.8 Å². The number of carbonyl (C=O) groups is 2. The van der Waals surface area contributed by atoms with Crippen LogP contribution in [-0.4, -0.2) is 67.1 Å². The van der Waals surface area contributed by atoms with Gasteiger partial charge in [-0.05, 0) is 73.8 Å². The number of hydrogen-bond acceptors (Lipinski definition) is 5. The van der Waals surface area contributed by atoms with E-state index < -0.39 is 10.0 Å². The summed E-state index contributed by atoms with van der Waals surface area (Å²) in [6.45, 7) is 1.11. The number of piperazine rings is 1. The molecule has 1 aromatic heterocycles. The molecule has 2 heterocycles. The van der Waals surface area contributed by atoms with Crippen LogP contribution in [0.3, 0.4) is 0 Å². The minimum atomic E-state index is -3.60. The number of nitrogens with zero attached hydrogens (tertiary/aromatic N) is 3. The van der Waals surface area contributed by atoms with Crippen LogP contribution in [0.15, 0.2) is 29.4 Å². The fraction of sp³-hybridized carbons (Fsp3) is 0.696. The third-order valence-corrected chi connectivity index (χ3v) is 9.88. The minimum Gasteiger partial charge on any atom is -0.347 e. The van der Waals surface area contributed by atoms with Gasteiger partial charge < -0.3 is 10.2 Å². The highest BCUT2D eigenvalue weighted by Gasteiger charge is 2.51. The Balaban J connectivity index is 1.09. The van der Waals surface area contributed by atoms with Gasteiger partial charge in [0.25, 0.3) is 0 Å². The lowest BCUT2D eigenvalue weighted by molar-refractivity contribution is -0.136. The van der Waals surface area contributed by atoms with Crippen molar-refractivity contribution in [3.8, 4) is 0 Å². The van der Waals surface area contributed by atoms with Crippen LogP contribution < -0.4 is 5.32 Å². The zero-order valence-corrected chi connectivity index (χ0v) is 19.2. The minimum absolute atomic E-state index is 0.0133. The fourth-order valence-electron chi connectivity index (χ4n) is 7.02. The van der Waals surface area contributed by atoms with E-state index in [9.17, 15) is 18.0 Å². The lowest BCUT2D eigenvalue weighted by Crippen LogP contribution is -2.53. The van der Waals surface area contributed by atoms with Crippen LogP contribution in [0.25, 0.3) is 0 Å². The summed E-state index contributed by atoms with van der Waals surface area (Å²) in [5.74, 6) is 2.24. The number of amides is 2. The Hall–Kier alpha value is -2.00. The third kappa shape index (κ3) is 4.29. The van der Waals surface area contributed by atoms with E-state index in [2.05, 4.69) is 10.3 Å². The van der Waals surface area contributed by atoms with Crippen LogP contribution in [0.5, 0.6) is 0 Å². The molecule has 0 aromatic carbocycles. The van der Waals surface area contributed by atoms with E-state index in [1.54, 1.807) is 11.0 Å². The Morgan fingerprint density at radius 1 is 1.03 bits per heavy atom. The summed E-state index contributed by atoms with van der Waals surface area (Å²) in [5, 5.41) is 2.85. The molecule has 0 radical (unpaired) electrons. The van der Waals surface area contributed by atoms with Crippen molar-refractivity contribution in [3.63, 3.8) is 0 Å². The van der Waals surface area contributed by atoms with Gasteiger partial charge in [0.05, 0.1) is 6.54 Å². The second kappa shape index (κ2) is 8.41. The van der Waals surface area contributed by atoms with Gasteiger partial charge in [-0.1, -0.05) is 0 Å². The maximum absolute atomic E-state index is 12.7. The van der Waals surface area contributed by atoms with Gasteiger partial charge in [0, 0.05) is 45.0 Å². The summed E-state index contributed by atoms with van der Waals surface area (Å²) in [7, 11) is -3.60. The van der Waals surface area contributed by atoms with Crippen molar-refractivity contribution in [1.82, 2.24) is 19.5 Å². The van der Waals surface area contributed by atoms with Gasteiger partial charge in [-0.15, -0.1) is 0 Å². The normalized spacial score (nSPS) is 32.1. The Morgan fingerprint density at radius 2 is 1.66 bits per heavy atom. The van der Waals surface area contributed by atoms with Crippen molar-refractivity contribution in [3.05, 3.63) is 24.5 Å². The van der Waals surface area contributed by atoms with Crippen molar-refractivity contribution in [2.24, 2.45) is 23.2 Å². The number of pyridine rings is 1. The molecule has 5 aliphatic rings. The monoisotopic (exact) mass is 460 g/mol. The summed E-state index contributed by atoms with van der Waals surface area (Å²) >= 11 is 0. The van der Waals surface area contributed by atoms with Crippen molar-refractivity contribution in [2.45, 2.75) is 49.8 Å². The molecule has 174 valence electrons. The molecule has 0 atom stereocenters. The van der Waals surface area contributed by atoms with E-state index >= 15 is 0 Å². The topological polar surface area (TPSA) is 99.7 Å². The van der Waals surface area contributed by atoms with Gasteiger partial charge in [-0.3, -0.25) is 14.6 Å². The van der Waals surface area contributed by atoms with E-state index in [1.807, 2.05) is 0 Å². The zero-order valence-electron chi connectivity index (χ0n) is 18.4. The molecule has 1 saturated heterocycles. The highest BCUT2D eigenvalue weighted by Crippen LogP contribution is 2.61. The molecule has 4 saturated carbocycles. The number of rotatable bonds is 6. The number of aromatic nitrogens is 1. The number of hydrogen-bond donors (Lipinski definition) is 1. The smallest absolute Gasteiger partial charge is 0.244 e. The van der Waals surface area contributed by atoms with Crippen molar-refractivity contribution in [2.75, 3.05) is 32.7 Å². The van der Waals surface area contributed by atoms with E-state index in [0.717, 1.165) is 17.8 Å². The molecule has 5 fully saturated rings. The molecule has 4 aliphatic carbocycles. The Morgan fingerprint density at radius 3 is 2.22 bits per heavy atom. The molecule has 1 N–H and O–H groups in total. The molecule has 8 nitrogen and oxygen atoms in total. The molecule has 9 heteroatoms. The van der Waals surface area contributed by atoms with Crippen LogP contribution in [0, 0.1) is 23.2 Å². The van der Waals surface area contributed by atoms with E-state index in [1.165, 1.54) is 61.3 Å². The molecule has 1 aliphatic heterocycles. The van der Waals surface area contributed by atoms with Gasteiger partial charge >= 0.3 is 0 Å². The van der Waals surface area contributed by atoms with Crippen molar-refractivity contribution in [1.29, 1.82) is 0 Å². The summed E-state index contributed by atoms with van der Waals surface area (Å²) in [5.41, 5.74) is 0.161. The maximum atomic E-state index is 12.7. The summed E-state index contributed by atoms with van der Waals surface area (Å²) in [4.78, 5) is 31.0. The van der Waals surface area contributed by atoms with Gasteiger partial charge in [0.15, 0.2) is 0 Å². The average molecular weight is 461 g/mol. The highest BCUT2D eigenvalue weighted by molar-refractivity contribution is 7.89. The number of sulfonamides is 1. The Labute approximate surface area is 189 Å². The molecule has 0 spiro atoms. The summed E-state index contributed by atoms with van der Waals surface area (Å²) in [6, 6.07) is 3.12. The largest absolute Gasteiger partial charge is 0.347 e. The quantitative estimate of drug-likeness (QED) is 0.696. The highest BCUT2D eigenvalue weighted by atomic mass is 32.2. The van der Waals surface area contributed by atoms with Crippen LogP contribution in [0.2, 0.25) is 0 Å². The molecule has 0 unspecified atom stereocenters. The third-order valence-electron chi connectivity index (χ3n) is 8.00. The van der Waals surface area contributed by atoms with Crippen molar-refractivity contribution >= 4 is 21.8 Å². The SMILES string of the molecule is O=C(CC12CC3CC(CC(C3)C1)C2)NCC(=O)N1CCN(S(=O)(=O)c2cccnc2)CC1. The van der Waals surface area contributed by atoms with Gasteiger partial charge in [-0.25, -0.2) is 8.42 Å². The lowest BCUT2D eigenvalue weighted by atomic mass is 9.49. The zero-order chi connectivity index (χ0) is 22.3. The molecule has 4 bridgehead atoms. The Kier molecular flexibility index (Phi) is 5.73. The van der Waals surface area contributed by atoms with Crippen LogP contribution in [-0.2, 0) is 19.6 Å². The molecular formula is C23H32N4O4S. The second-order valence-corrected chi connectivity index (χ2v) is 12.3. The first-order valence-electron chi connectivity index (χ1n) is 11.8. The van der Waals surface area contributed by atoms with Crippen LogP contribution in [0.4, 0.5) is 0 Å². The molecular weight excluding hydrogens is 428 g/mol. The fourth-order valence-corrected chi connectivity index (χ4v) is 8.41. The van der Waals surface area contributed by atoms with E-state index in [0.29, 0.717) is 19.5 Å². The summed E-state index contributed by atoms with van der Waals surface area (Å²) in [6.07, 6.45) is 11.0. The molecule has 2 amide bonds. The maximum Gasteiger partial charge on any atom is 0.244 e. The molecule has 32 heavy (non-hydrogen) atoms. The Bertz CT molecular complexity index is 938. The first kappa shape index (κ1) is 21.8. The van der Waals surface area contributed by atoms with Gasteiger partial charge in [-0.2, -0.15) is 4.31 Å². The van der Waals surface area contributed by atoms with Crippen LogP contribution in [0.1, 0.15) is 44.9 Å². The first-order chi connectivity index (χ1) is 15.3. The first-order valence-corrected chi connectivity index (χ1v) is 13.2. The van der Waals surface area contributed by atoms with Crippen LogP contribution >= 0.6 is 0 Å². The van der Waals surface area contributed by atoms with E-state index in [4.69, 9.17) is 0 Å². The van der Waals surface area contributed by atoms with Crippen molar-refractivity contribution < 1.29 is 18.0 Å². The number of nitrogens with one attached hydrogen (secondary N) is 1. The number of carbonyl (C=O) groups excluding carboxylic acids is 2. The molecule has 6 rings (SSSR count). The van der Waals surface area contributed by atoms with E-state index in [-0.39, 0.29) is 41.8 Å². The second-order valence-electron chi connectivity index (χ2n) is 10.3. The summed E-state index contributed by atoms with van der Waals surface area (Å²) < 4.78 is 26.8. The standard InChI is InChI=1S/C23H32N4O4S/c28-21(14-23-11-17-8-18(12-23)10-19(9-17)13-23)25-16-22(29)26-4-6-27(7-5-26)32(30,31)20-2-1-3-24-15-20/h1-3,15,17-19H,4-14,16H2,(H,25,28). The average Bonchev–Trinajstić information content (AvgIpc) is 2.77. The van der Waals surface area contributed by atoms with Gasteiger partial charge in [0.1, 0.15) is 4.90 Å². The predicted octanol–water partition coefficient (Wildman–Crippen LogP) is 1.64. The predicted molar refractivity (Wildman–Crippen MR) is 118 cm³/mol.